The Hall–Kier alpha value is -2.23. The highest BCUT2D eigenvalue weighted by molar-refractivity contribution is 5.72. The number of rotatable bonds is 14. The van der Waals surface area contributed by atoms with Crippen LogP contribution in [0.1, 0.15) is 90.2 Å². The normalized spacial score (nSPS) is 10.8. The van der Waals surface area contributed by atoms with Crippen molar-refractivity contribution >= 4 is 5.97 Å². The van der Waals surface area contributed by atoms with Gasteiger partial charge in [-0.1, -0.05) is 65.2 Å². The molecular formula is C25H36N2O2. The molecule has 0 atom stereocenters. The number of hydrogen-bond donors (Lipinski definition) is 0. The lowest BCUT2D eigenvalue weighted by molar-refractivity contribution is -0.134. The summed E-state index contributed by atoms with van der Waals surface area (Å²) in [5.41, 5.74) is 2.87. The monoisotopic (exact) mass is 396 g/mol. The molecule has 1 heterocycles. The third-order valence-corrected chi connectivity index (χ3v) is 5.11. The molecule has 0 radical (unpaired) electrons. The fraction of sp³-hybridized carbons (Fsp3) is 0.560. The van der Waals surface area contributed by atoms with Gasteiger partial charge in [-0.05, 0) is 43.5 Å². The number of unbranched alkanes of at least 4 members (excludes halogenated alkanes) is 8. The van der Waals surface area contributed by atoms with E-state index < -0.39 is 0 Å². The first-order chi connectivity index (χ1) is 14.2. The van der Waals surface area contributed by atoms with Crippen molar-refractivity contribution in [3.8, 4) is 17.0 Å². The maximum absolute atomic E-state index is 11.7. The van der Waals surface area contributed by atoms with Crippen LogP contribution in [0.3, 0.4) is 0 Å². The quantitative estimate of drug-likeness (QED) is 0.197. The highest BCUT2D eigenvalue weighted by Gasteiger charge is 2.06. The SMILES string of the molecule is CCCCCCCCCCc1cnc(-c2ccc(OC(=O)CCCC)cc2)cn1. The number of nitrogens with zero attached hydrogens (tertiary/aromatic N) is 2. The summed E-state index contributed by atoms with van der Waals surface area (Å²) in [4.78, 5) is 20.8. The third kappa shape index (κ3) is 9.21. The molecule has 2 aromatic rings. The number of ether oxygens (including phenoxy) is 1. The minimum absolute atomic E-state index is 0.176. The molecule has 0 spiro atoms. The molecule has 0 saturated heterocycles. The van der Waals surface area contributed by atoms with Gasteiger partial charge in [0, 0.05) is 18.2 Å². The zero-order chi connectivity index (χ0) is 20.7. The van der Waals surface area contributed by atoms with E-state index in [9.17, 15) is 4.79 Å². The van der Waals surface area contributed by atoms with Gasteiger partial charge in [0.2, 0.25) is 0 Å². The Morgan fingerprint density at radius 1 is 0.793 bits per heavy atom. The van der Waals surface area contributed by atoms with Crippen LogP contribution in [-0.4, -0.2) is 15.9 Å². The summed E-state index contributed by atoms with van der Waals surface area (Å²) < 4.78 is 5.34. The first-order valence-corrected chi connectivity index (χ1v) is 11.3. The van der Waals surface area contributed by atoms with Crippen LogP contribution in [0.5, 0.6) is 5.75 Å². The smallest absolute Gasteiger partial charge is 0.311 e. The average Bonchev–Trinajstić information content (AvgIpc) is 2.75. The third-order valence-electron chi connectivity index (χ3n) is 5.11. The fourth-order valence-electron chi connectivity index (χ4n) is 3.27. The van der Waals surface area contributed by atoms with Crippen molar-refractivity contribution in [2.75, 3.05) is 0 Å². The predicted molar refractivity (Wildman–Crippen MR) is 119 cm³/mol. The Morgan fingerprint density at radius 3 is 2.07 bits per heavy atom. The zero-order valence-corrected chi connectivity index (χ0v) is 18.2. The second-order valence-corrected chi connectivity index (χ2v) is 7.72. The van der Waals surface area contributed by atoms with Crippen LogP contribution in [0.15, 0.2) is 36.7 Å². The lowest BCUT2D eigenvalue weighted by Crippen LogP contribution is -2.07. The fourth-order valence-corrected chi connectivity index (χ4v) is 3.27. The molecule has 4 nitrogen and oxygen atoms in total. The van der Waals surface area contributed by atoms with Crippen LogP contribution in [0.25, 0.3) is 11.3 Å². The summed E-state index contributed by atoms with van der Waals surface area (Å²) in [6.07, 6.45) is 17.6. The van der Waals surface area contributed by atoms with Gasteiger partial charge in [0.1, 0.15) is 5.75 Å². The number of aromatic nitrogens is 2. The van der Waals surface area contributed by atoms with Crippen molar-refractivity contribution in [1.82, 2.24) is 9.97 Å². The standard InChI is InChI=1S/C25H36N2O2/c1-3-5-7-8-9-10-11-12-13-22-19-27-24(20-26-22)21-15-17-23(18-16-21)29-25(28)14-6-4-2/h15-20H,3-14H2,1-2H3. The van der Waals surface area contributed by atoms with Gasteiger partial charge >= 0.3 is 5.97 Å². The number of hydrogen-bond acceptors (Lipinski definition) is 4. The minimum atomic E-state index is -0.176. The average molecular weight is 397 g/mol. The van der Waals surface area contributed by atoms with Crippen molar-refractivity contribution in [3.63, 3.8) is 0 Å². The van der Waals surface area contributed by atoms with Gasteiger partial charge in [0.15, 0.2) is 0 Å². The van der Waals surface area contributed by atoms with Gasteiger partial charge < -0.3 is 4.74 Å². The van der Waals surface area contributed by atoms with Gasteiger partial charge in [0.05, 0.1) is 17.6 Å². The van der Waals surface area contributed by atoms with E-state index in [1.165, 1.54) is 51.4 Å². The van der Waals surface area contributed by atoms with Crippen molar-refractivity contribution < 1.29 is 9.53 Å². The van der Waals surface area contributed by atoms with E-state index in [4.69, 9.17) is 4.74 Å². The Morgan fingerprint density at radius 2 is 1.45 bits per heavy atom. The topological polar surface area (TPSA) is 52.1 Å². The number of carbonyl (C=O) groups excluding carboxylic acids is 1. The van der Waals surface area contributed by atoms with Gasteiger partial charge in [0.25, 0.3) is 0 Å². The molecule has 0 fully saturated rings. The van der Waals surface area contributed by atoms with Crippen molar-refractivity contribution in [3.05, 3.63) is 42.4 Å². The Kier molecular flexibility index (Phi) is 11.0. The van der Waals surface area contributed by atoms with E-state index in [2.05, 4.69) is 23.8 Å². The van der Waals surface area contributed by atoms with Crippen LogP contribution < -0.4 is 4.74 Å². The molecule has 0 saturated carbocycles. The Bertz CT molecular complexity index is 696. The first kappa shape index (κ1) is 23.1. The molecule has 0 aliphatic carbocycles. The molecule has 29 heavy (non-hydrogen) atoms. The van der Waals surface area contributed by atoms with E-state index in [-0.39, 0.29) is 5.97 Å². The van der Waals surface area contributed by atoms with Gasteiger partial charge in [-0.2, -0.15) is 0 Å². The van der Waals surface area contributed by atoms with Gasteiger partial charge in [-0.25, -0.2) is 0 Å². The molecule has 1 aromatic carbocycles. The van der Waals surface area contributed by atoms with Crippen molar-refractivity contribution in [2.24, 2.45) is 0 Å². The summed E-state index contributed by atoms with van der Waals surface area (Å²) in [5.74, 6) is 0.402. The number of benzene rings is 1. The summed E-state index contributed by atoms with van der Waals surface area (Å²) in [6, 6.07) is 7.47. The second kappa shape index (κ2) is 13.9. The Balaban J connectivity index is 1.73. The number of carbonyl (C=O) groups is 1. The molecule has 0 N–H and O–H groups in total. The second-order valence-electron chi connectivity index (χ2n) is 7.72. The number of esters is 1. The summed E-state index contributed by atoms with van der Waals surface area (Å²) in [6.45, 7) is 4.32. The maximum Gasteiger partial charge on any atom is 0.311 e. The highest BCUT2D eigenvalue weighted by Crippen LogP contribution is 2.21. The van der Waals surface area contributed by atoms with E-state index >= 15 is 0 Å². The van der Waals surface area contributed by atoms with E-state index in [1.54, 1.807) is 0 Å². The maximum atomic E-state index is 11.7. The molecule has 0 bridgehead atoms. The molecule has 4 heteroatoms. The first-order valence-electron chi connectivity index (χ1n) is 11.3. The highest BCUT2D eigenvalue weighted by atomic mass is 16.5. The summed E-state index contributed by atoms with van der Waals surface area (Å²) >= 11 is 0. The number of aryl methyl sites for hydroxylation is 1. The van der Waals surface area contributed by atoms with Crippen LogP contribution in [0, 0.1) is 0 Å². The molecule has 2 rings (SSSR count). The molecule has 0 unspecified atom stereocenters. The minimum Gasteiger partial charge on any atom is -0.427 e. The molecule has 0 aliphatic rings. The predicted octanol–water partition coefficient (Wildman–Crippen LogP) is 6.92. The molecular weight excluding hydrogens is 360 g/mol. The van der Waals surface area contributed by atoms with Crippen LogP contribution in [0.4, 0.5) is 0 Å². The Labute approximate surface area is 176 Å². The molecule has 0 amide bonds. The summed E-state index contributed by atoms with van der Waals surface area (Å²) in [7, 11) is 0. The van der Waals surface area contributed by atoms with Gasteiger partial charge in [-0.15, -0.1) is 0 Å². The molecule has 0 aliphatic heterocycles. The summed E-state index contributed by atoms with van der Waals surface area (Å²) in [5, 5.41) is 0. The van der Waals surface area contributed by atoms with Crippen LogP contribution >= 0.6 is 0 Å². The zero-order valence-electron chi connectivity index (χ0n) is 18.2. The van der Waals surface area contributed by atoms with Crippen LogP contribution in [0.2, 0.25) is 0 Å². The lowest BCUT2D eigenvalue weighted by Gasteiger charge is -2.06. The van der Waals surface area contributed by atoms with Crippen molar-refractivity contribution in [1.29, 1.82) is 0 Å². The van der Waals surface area contributed by atoms with E-state index in [0.29, 0.717) is 12.2 Å². The molecule has 1 aromatic heterocycles. The van der Waals surface area contributed by atoms with E-state index in [1.807, 2.05) is 36.7 Å². The van der Waals surface area contributed by atoms with Gasteiger partial charge in [-0.3, -0.25) is 14.8 Å². The van der Waals surface area contributed by atoms with Crippen LogP contribution in [-0.2, 0) is 11.2 Å². The van der Waals surface area contributed by atoms with E-state index in [0.717, 1.165) is 36.2 Å². The lowest BCUT2D eigenvalue weighted by atomic mass is 10.1. The largest absolute Gasteiger partial charge is 0.427 e. The van der Waals surface area contributed by atoms with Crippen molar-refractivity contribution in [2.45, 2.75) is 90.9 Å². The molecule has 158 valence electrons.